The molecule has 0 saturated carbocycles. The van der Waals surface area contributed by atoms with Crippen molar-refractivity contribution in [2.75, 3.05) is 7.05 Å². The number of hydrogen-bond acceptors (Lipinski definition) is 3. The van der Waals surface area contributed by atoms with Gasteiger partial charge in [-0.05, 0) is 12.0 Å². The predicted molar refractivity (Wildman–Crippen MR) is 73.1 cm³/mol. The van der Waals surface area contributed by atoms with Gasteiger partial charge < -0.3 is 10.3 Å². The molecular formula is C15H18N2O2. The average Bonchev–Trinajstić information content (AvgIpc) is 2.43. The lowest BCUT2D eigenvalue weighted by Gasteiger charge is -2.36. The van der Waals surface area contributed by atoms with Gasteiger partial charge in [-0.3, -0.25) is 9.59 Å². The van der Waals surface area contributed by atoms with Crippen LogP contribution in [-0.2, 0) is 9.59 Å². The van der Waals surface area contributed by atoms with Gasteiger partial charge in [0, 0.05) is 19.2 Å². The fraction of sp³-hybridized carbons (Fsp3) is 0.400. The number of carbonyl (C=O) groups is 2. The zero-order valence-corrected chi connectivity index (χ0v) is 11.2. The van der Waals surface area contributed by atoms with Crippen LogP contribution in [0.1, 0.15) is 31.4 Å². The van der Waals surface area contributed by atoms with Gasteiger partial charge in [0.1, 0.15) is 5.92 Å². The fourth-order valence-corrected chi connectivity index (χ4v) is 2.50. The molecule has 4 heteroatoms. The van der Waals surface area contributed by atoms with E-state index in [1.54, 1.807) is 18.9 Å². The van der Waals surface area contributed by atoms with Crippen LogP contribution in [0.5, 0.6) is 0 Å². The van der Waals surface area contributed by atoms with Gasteiger partial charge in [0.15, 0.2) is 5.78 Å². The van der Waals surface area contributed by atoms with Crippen LogP contribution in [0.3, 0.4) is 0 Å². The van der Waals surface area contributed by atoms with E-state index in [2.05, 4.69) is 0 Å². The van der Waals surface area contributed by atoms with Crippen molar-refractivity contribution in [2.45, 2.75) is 25.8 Å². The fourth-order valence-electron chi connectivity index (χ4n) is 2.50. The molecular weight excluding hydrogens is 240 g/mol. The number of hydrogen-bond donors (Lipinski definition) is 1. The Morgan fingerprint density at radius 2 is 1.95 bits per heavy atom. The minimum atomic E-state index is -0.866. The molecule has 1 aromatic rings. The van der Waals surface area contributed by atoms with Crippen LogP contribution in [0.2, 0.25) is 0 Å². The summed E-state index contributed by atoms with van der Waals surface area (Å²) in [4.78, 5) is 26.0. The first-order chi connectivity index (χ1) is 9.06. The molecule has 1 aliphatic heterocycles. The zero-order valence-electron chi connectivity index (χ0n) is 11.2. The number of benzene rings is 1. The number of carbonyl (C=O) groups excluding carboxylic acids is 2. The molecule has 100 valence electrons. The average molecular weight is 258 g/mol. The largest absolute Gasteiger partial charge is 0.337 e. The summed E-state index contributed by atoms with van der Waals surface area (Å²) >= 11 is 0. The lowest BCUT2D eigenvalue weighted by molar-refractivity contribution is -0.144. The molecule has 0 bridgehead atoms. The van der Waals surface area contributed by atoms with E-state index in [0.717, 1.165) is 5.56 Å². The van der Waals surface area contributed by atoms with E-state index in [4.69, 9.17) is 5.41 Å². The Morgan fingerprint density at radius 1 is 1.32 bits per heavy atom. The van der Waals surface area contributed by atoms with Crippen molar-refractivity contribution >= 4 is 17.4 Å². The number of Topliss-reactive ketones (excluding diaryl/α,β-unsaturated/α-hetero) is 1. The Morgan fingerprint density at radius 3 is 2.53 bits per heavy atom. The minimum Gasteiger partial charge on any atom is -0.337 e. The van der Waals surface area contributed by atoms with Crippen molar-refractivity contribution in [1.29, 1.82) is 5.41 Å². The summed E-state index contributed by atoms with van der Waals surface area (Å²) in [6, 6.07) is 9.35. The minimum absolute atomic E-state index is 0.135. The molecule has 0 radical (unpaired) electrons. The third-order valence-corrected chi connectivity index (χ3v) is 3.69. The Labute approximate surface area is 112 Å². The third-order valence-electron chi connectivity index (χ3n) is 3.69. The SMILES string of the molecule is CCC(=N)C1C(=O)CC(c2ccccc2)N(C)C1=O. The van der Waals surface area contributed by atoms with Crippen LogP contribution in [0, 0.1) is 11.3 Å². The second kappa shape index (κ2) is 5.34. The van der Waals surface area contributed by atoms with Gasteiger partial charge in [0.05, 0.1) is 6.04 Å². The van der Waals surface area contributed by atoms with E-state index < -0.39 is 5.92 Å². The number of rotatable bonds is 3. The topological polar surface area (TPSA) is 61.2 Å². The van der Waals surface area contributed by atoms with Gasteiger partial charge in [-0.25, -0.2) is 0 Å². The molecule has 2 atom stereocenters. The molecule has 1 heterocycles. The lowest BCUT2D eigenvalue weighted by atomic mass is 9.84. The summed E-state index contributed by atoms with van der Waals surface area (Å²) < 4.78 is 0. The summed E-state index contributed by atoms with van der Waals surface area (Å²) in [6.45, 7) is 1.80. The molecule has 4 nitrogen and oxygen atoms in total. The summed E-state index contributed by atoms with van der Waals surface area (Å²) in [5.74, 6) is -1.25. The van der Waals surface area contributed by atoms with E-state index in [1.807, 2.05) is 30.3 Å². The van der Waals surface area contributed by atoms with Gasteiger partial charge in [0.25, 0.3) is 0 Å². The molecule has 0 spiro atoms. The summed E-state index contributed by atoms with van der Waals surface area (Å²) in [5, 5.41) is 7.78. The lowest BCUT2D eigenvalue weighted by Crippen LogP contribution is -2.48. The third kappa shape index (κ3) is 2.43. The number of amides is 1. The van der Waals surface area contributed by atoms with Crippen LogP contribution in [0.15, 0.2) is 30.3 Å². The Hall–Kier alpha value is -1.97. The highest BCUT2D eigenvalue weighted by atomic mass is 16.2. The van der Waals surface area contributed by atoms with Gasteiger partial charge >= 0.3 is 0 Å². The van der Waals surface area contributed by atoms with E-state index in [-0.39, 0.29) is 23.4 Å². The highest BCUT2D eigenvalue weighted by molar-refractivity contribution is 6.20. The summed E-state index contributed by atoms with van der Waals surface area (Å²) in [7, 11) is 1.71. The first kappa shape index (κ1) is 13.5. The molecule has 2 rings (SSSR count). The van der Waals surface area contributed by atoms with Crippen molar-refractivity contribution in [1.82, 2.24) is 4.90 Å². The number of nitrogens with one attached hydrogen (secondary N) is 1. The summed E-state index contributed by atoms with van der Waals surface area (Å²) in [6.07, 6.45) is 0.727. The van der Waals surface area contributed by atoms with Gasteiger partial charge in [-0.15, -0.1) is 0 Å². The van der Waals surface area contributed by atoms with Crippen molar-refractivity contribution in [3.63, 3.8) is 0 Å². The maximum absolute atomic E-state index is 12.3. The van der Waals surface area contributed by atoms with E-state index >= 15 is 0 Å². The Kier molecular flexibility index (Phi) is 3.79. The molecule has 1 saturated heterocycles. The normalized spacial score (nSPS) is 23.6. The van der Waals surface area contributed by atoms with Crippen molar-refractivity contribution in [2.24, 2.45) is 5.92 Å². The van der Waals surface area contributed by atoms with Crippen LogP contribution in [-0.4, -0.2) is 29.3 Å². The monoisotopic (exact) mass is 258 g/mol. The highest BCUT2D eigenvalue weighted by Gasteiger charge is 2.41. The second-order valence-electron chi connectivity index (χ2n) is 4.86. The number of ketones is 1. The molecule has 19 heavy (non-hydrogen) atoms. The molecule has 1 aliphatic rings. The Bertz CT molecular complexity index is 510. The zero-order chi connectivity index (χ0) is 14.0. The number of piperidine rings is 1. The summed E-state index contributed by atoms with van der Waals surface area (Å²) in [5.41, 5.74) is 1.18. The van der Waals surface area contributed by atoms with Gasteiger partial charge in [0.2, 0.25) is 5.91 Å². The van der Waals surface area contributed by atoms with E-state index in [9.17, 15) is 9.59 Å². The second-order valence-corrected chi connectivity index (χ2v) is 4.86. The number of nitrogens with zero attached hydrogens (tertiary/aromatic N) is 1. The van der Waals surface area contributed by atoms with Crippen molar-refractivity contribution in [3.05, 3.63) is 35.9 Å². The standard InChI is InChI=1S/C15H18N2O2/c1-3-11(16)14-13(18)9-12(17(2)15(14)19)10-7-5-4-6-8-10/h4-8,12,14,16H,3,9H2,1-2H3. The maximum Gasteiger partial charge on any atom is 0.239 e. The first-order valence-corrected chi connectivity index (χ1v) is 6.48. The quantitative estimate of drug-likeness (QED) is 0.667. The smallest absolute Gasteiger partial charge is 0.239 e. The molecule has 1 amide bonds. The van der Waals surface area contributed by atoms with Crippen molar-refractivity contribution < 1.29 is 9.59 Å². The van der Waals surface area contributed by atoms with Crippen LogP contribution in [0.25, 0.3) is 0 Å². The molecule has 1 aromatic carbocycles. The molecule has 1 N–H and O–H groups in total. The predicted octanol–water partition coefficient (Wildman–Crippen LogP) is 2.20. The molecule has 2 unspecified atom stereocenters. The maximum atomic E-state index is 12.3. The van der Waals surface area contributed by atoms with Crippen LogP contribution >= 0.6 is 0 Å². The molecule has 1 fully saturated rings. The van der Waals surface area contributed by atoms with E-state index in [1.165, 1.54) is 0 Å². The van der Waals surface area contributed by atoms with Crippen molar-refractivity contribution in [3.8, 4) is 0 Å². The highest BCUT2D eigenvalue weighted by Crippen LogP contribution is 2.31. The van der Waals surface area contributed by atoms with E-state index in [0.29, 0.717) is 12.8 Å². The molecule has 0 aliphatic carbocycles. The number of likely N-dealkylation sites (tertiary alicyclic amines) is 1. The van der Waals surface area contributed by atoms with Crippen LogP contribution < -0.4 is 0 Å². The molecule has 0 aromatic heterocycles. The first-order valence-electron chi connectivity index (χ1n) is 6.48. The van der Waals surface area contributed by atoms with Gasteiger partial charge in [-0.1, -0.05) is 37.3 Å². The van der Waals surface area contributed by atoms with Crippen LogP contribution in [0.4, 0.5) is 0 Å². The Balaban J connectivity index is 2.28. The van der Waals surface area contributed by atoms with Gasteiger partial charge in [-0.2, -0.15) is 0 Å².